The number of urea groups is 1. The van der Waals surface area contributed by atoms with Gasteiger partial charge in [-0.15, -0.1) is 0 Å². The summed E-state index contributed by atoms with van der Waals surface area (Å²) in [5.74, 6) is 0.418. The first-order valence-electron chi connectivity index (χ1n) is 8.49. The van der Waals surface area contributed by atoms with E-state index in [0.29, 0.717) is 29.7 Å². The molecule has 1 saturated carbocycles. The van der Waals surface area contributed by atoms with Crippen molar-refractivity contribution in [2.24, 2.45) is 0 Å². The Morgan fingerprint density at radius 2 is 2.04 bits per heavy atom. The molecule has 132 valence electrons. The molecule has 7 heteroatoms. The van der Waals surface area contributed by atoms with Gasteiger partial charge in [0.05, 0.1) is 22.7 Å². The summed E-state index contributed by atoms with van der Waals surface area (Å²) < 4.78 is 1.51. The average molecular weight is 361 g/mol. The lowest BCUT2D eigenvalue weighted by Crippen LogP contribution is -2.34. The van der Waals surface area contributed by atoms with Gasteiger partial charge in [-0.25, -0.2) is 9.78 Å². The van der Waals surface area contributed by atoms with Gasteiger partial charge in [0.2, 0.25) is 0 Å². The van der Waals surface area contributed by atoms with Gasteiger partial charge in [0.15, 0.2) is 0 Å². The van der Waals surface area contributed by atoms with E-state index in [1.807, 2.05) is 0 Å². The third-order valence-electron chi connectivity index (χ3n) is 4.43. The van der Waals surface area contributed by atoms with Gasteiger partial charge in [-0.05, 0) is 25.0 Å². The predicted octanol–water partition coefficient (Wildman–Crippen LogP) is 3.38. The Balaban J connectivity index is 1.51. The number of carbonyl (C=O) groups excluding carboxylic acids is 1. The van der Waals surface area contributed by atoms with Crippen LogP contribution in [-0.2, 0) is 6.54 Å². The summed E-state index contributed by atoms with van der Waals surface area (Å²) in [6.07, 6.45) is 6.21. The lowest BCUT2D eigenvalue weighted by Gasteiger charge is -2.11. The van der Waals surface area contributed by atoms with E-state index in [9.17, 15) is 9.59 Å². The molecule has 1 aromatic heterocycles. The van der Waals surface area contributed by atoms with Crippen molar-refractivity contribution in [2.45, 2.75) is 38.1 Å². The van der Waals surface area contributed by atoms with E-state index >= 15 is 0 Å². The Morgan fingerprint density at radius 3 is 2.76 bits per heavy atom. The van der Waals surface area contributed by atoms with Crippen LogP contribution in [0.25, 0.3) is 0 Å². The molecule has 1 fully saturated rings. The normalized spacial score (nSPS) is 14.4. The minimum atomic E-state index is -0.364. The van der Waals surface area contributed by atoms with Gasteiger partial charge in [0, 0.05) is 25.1 Å². The molecular formula is C18H21ClN4O2. The molecule has 25 heavy (non-hydrogen) atoms. The highest BCUT2D eigenvalue weighted by molar-refractivity contribution is 6.33. The summed E-state index contributed by atoms with van der Waals surface area (Å²) in [7, 11) is 0. The Morgan fingerprint density at radius 1 is 1.28 bits per heavy atom. The molecule has 0 bridgehead atoms. The summed E-state index contributed by atoms with van der Waals surface area (Å²) in [5, 5.41) is 5.85. The van der Waals surface area contributed by atoms with Crippen molar-refractivity contribution < 1.29 is 4.79 Å². The van der Waals surface area contributed by atoms with Crippen molar-refractivity contribution in [1.82, 2.24) is 14.9 Å². The van der Waals surface area contributed by atoms with E-state index in [-0.39, 0.29) is 11.6 Å². The lowest BCUT2D eigenvalue weighted by atomic mass is 10.0. The monoisotopic (exact) mass is 360 g/mol. The molecule has 0 atom stereocenters. The second-order valence-electron chi connectivity index (χ2n) is 6.19. The first-order valence-corrected chi connectivity index (χ1v) is 8.87. The summed E-state index contributed by atoms with van der Waals surface area (Å²) in [6, 6.07) is 8.27. The fourth-order valence-electron chi connectivity index (χ4n) is 3.07. The quantitative estimate of drug-likeness (QED) is 0.858. The van der Waals surface area contributed by atoms with Crippen molar-refractivity contribution >= 4 is 23.3 Å². The number of halogens is 1. The maximum atomic E-state index is 12.2. The SMILES string of the molecule is O=C(NCCn1cnc(C2CCCC2)cc1=O)Nc1ccccc1Cl. The van der Waals surface area contributed by atoms with E-state index in [0.717, 1.165) is 18.5 Å². The Bertz CT molecular complexity index is 800. The number of rotatable bonds is 5. The van der Waals surface area contributed by atoms with Crippen LogP contribution in [0.1, 0.15) is 37.3 Å². The van der Waals surface area contributed by atoms with Gasteiger partial charge < -0.3 is 10.6 Å². The Hall–Kier alpha value is -2.34. The summed E-state index contributed by atoms with van der Waals surface area (Å²) in [5.41, 5.74) is 1.36. The molecule has 1 aliphatic rings. The molecule has 0 saturated heterocycles. The molecule has 2 amide bonds. The van der Waals surface area contributed by atoms with Crippen LogP contribution >= 0.6 is 11.6 Å². The number of amides is 2. The highest BCUT2D eigenvalue weighted by atomic mass is 35.5. The molecule has 0 unspecified atom stereocenters. The number of benzene rings is 1. The third kappa shape index (κ3) is 4.60. The van der Waals surface area contributed by atoms with E-state index in [1.165, 1.54) is 17.4 Å². The first kappa shape index (κ1) is 17.5. The van der Waals surface area contributed by atoms with Crippen LogP contribution in [0, 0.1) is 0 Å². The summed E-state index contributed by atoms with van der Waals surface area (Å²) >= 11 is 5.99. The topological polar surface area (TPSA) is 76.0 Å². The zero-order chi connectivity index (χ0) is 17.6. The molecule has 3 rings (SSSR count). The Kier molecular flexibility index (Phi) is 5.71. The highest BCUT2D eigenvalue weighted by Gasteiger charge is 2.18. The van der Waals surface area contributed by atoms with Crippen molar-refractivity contribution in [3.05, 3.63) is 57.7 Å². The van der Waals surface area contributed by atoms with Crippen LogP contribution in [0.15, 0.2) is 41.5 Å². The molecule has 0 radical (unpaired) electrons. The minimum absolute atomic E-state index is 0.0785. The number of hydrogen-bond acceptors (Lipinski definition) is 3. The molecule has 2 aromatic rings. The van der Waals surface area contributed by atoms with Gasteiger partial charge in [-0.2, -0.15) is 0 Å². The van der Waals surface area contributed by atoms with Crippen LogP contribution in [0.3, 0.4) is 0 Å². The van der Waals surface area contributed by atoms with Crippen LogP contribution in [0.4, 0.5) is 10.5 Å². The van der Waals surface area contributed by atoms with Gasteiger partial charge >= 0.3 is 6.03 Å². The number of anilines is 1. The smallest absolute Gasteiger partial charge is 0.319 e. The lowest BCUT2D eigenvalue weighted by molar-refractivity contribution is 0.251. The van der Waals surface area contributed by atoms with Gasteiger partial charge in [0.1, 0.15) is 0 Å². The van der Waals surface area contributed by atoms with Gasteiger partial charge in [-0.1, -0.05) is 36.6 Å². The fraction of sp³-hybridized carbons (Fsp3) is 0.389. The first-order chi connectivity index (χ1) is 12.1. The Labute approximate surface area is 151 Å². The number of aromatic nitrogens is 2. The highest BCUT2D eigenvalue weighted by Crippen LogP contribution is 2.32. The molecule has 0 aliphatic heterocycles. The van der Waals surface area contributed by atoms with E-state index < -0.39 is 0 Å². The predicted molar refractivity (Wildman–Crippen MR) is 98.2 cm³/mol. The maximum absolute atomic E-state index is 12.2. The molecule has 1 aromatic carbocycles. The van der Waals surface area contributed by atoms with E-state index in [4.69, 9.17) is 11.6 Å². The molecular weight excluding hydrogens is 340 g/mol. The molecule has 1 heterocycles. The van der Waals surface area contributed by atoms with Gasteiger partial charge in [0.25, 0.3) is 5.56 Å². The molecule has 1 aliphatic carbocycles. The number of nitrogens with one attached hydrogen (secondary N) is 2. The standard InChI is InChI=1S/C18H21ClN4O2/c19-14-7-3-4-8-15(14)22-18(25)20-9-10-23-12-21-16(11-17(23)24)13-5-1-2-6-13/h3-4,7-8,11-13H,1-2,5-6,9-10H2,(H2,20,22,25). The minimum Gasteiger partial charge on any atom is -0.336 e. The van der Waals surface area contributed by atoms with Crippen LogP contribution < -0.4 is 16.2 Å². The molecule has 0 spiro atoms. The van der Waals surface area contributed by atoms with Crippen molar-refractivity contribution in [2.75, 3.05) is 11.9 Å². The maximum Gasteiger partial charge on any atom is 0.319 e. The number of nitrogens with zero attached hydrogens (tertiary/aromatic N) is 2. The van der Waals surface area contributed by atoms with Crippen LogP contribution in [-0.4, -0.2) is 22.1 Å². The number of para-hydroxylation sites is 1. The number of carbonyl (C=O) groups is 1. The average Bonchev–Trinajstić information content (AvgIpc) is 3.13. The van der Waals surface area contributed by atoms with Crippen molar-refractivity contribution in [3.63, 3.8) is 0 Å². The zero-order valence-electron chi connectivity index (χ0n) is 13.9. The van der Waals surface area contributed by atoms with Crippen LogP contribution in [0.5, 0.6) is 0 Å². The largest absolute Gasteiger partial charge is 0.336 e. The molecule has 6 nitrogen and oxygen atoms in total. The summed E-state index contributed by atoms with van der Waals surface area (Å²) in [4.78, 5) is 28.5. The second-order valence-corrected chi connectivity index (χ2v) is 6.59. The van der Waals surface area contributed by atoms with E-state index in [2.05, 4.69) is 15.6 Å². The fourth-order valence-corrected chi connectivity index (χ4v) is 3.25. The van der Waals surface area contributed by atoms with Crippen molar-refractivity contribution in [1.29, 1.82) is 0 Å². The van der Waals surface area contributed by atoms with E-state index in [1.54, 1.807) is 36.7 Å². The zero-order valence-corrected chi connectivity index (χ0v) is 14.6. The third-order valence-corrected chi connectivity index (χ3v) is 4.76. The van der Waals surface area contributed by atoms with Crippen molar-refractivity contribution in [3.8, 4) is 0 Å². The van der Waals surface area contributed by atoms with Crippen LogP contribution in [0.2, 0.25) is 5.02 Å². The summed E-state index contributed by atoms with van der Waals surface area (Å²) in [6.45, 7) is 0.688. The second kappa shape index (κ2) is 8.16. The number of hydrogen-bond donors (Lipinski definition) is 2. The molecule has 2 N–H and O–H groups in total. The van der Waals surface area contributed by atoms with Gasteiger partial charge in [-0.3, -0.25) is 9.36 Å².